The fourth-order valence-corrected chi connectivity index (χ4v) is 5.03. The van der Waals surface area contributed by atoms with Crippen molar-refractivity contribution in [2.45, 2.75) is 37.5 Å². The molecule has 0 aromatic heterocycles. The molecule has 1 nitrogen and oxygen atoms in total. The molecule has 0 saturated carbocycles. The summed E-state index contributed by atoms with van der Waals surface area (Å²) in [5.74, 6) is 3.97. The third-order valence-corrected chi connectivity index (χ3v) is 6.37. The van der Waals surface area contributed by atoms with Crippen LogP contribution in [-0.4, -0.2) is 29.1 Å². The second-order valence-electron chi connectivity index (χ2n) is 5.08. The van der Waals surface area contributed by atoms with Crippen molar-refractivity contribution in [2.75, 3.05) is 23.8 Å². The Hall–Kier alpha value is -0.120. The lowest BCUT2D eigenvalue weighted by molar-refractivity contribution is 0.485. The van der Waals surface area contributed by atoms with Crippen LogP contribution in [0.15, 0.2) is 30.3 Å². The standard InChI is InChI=1S/C16H25NS2/c1-2-3-9-16(14-7-5-4-6-8-14)17-12-15-13-18-10-11-19-15/h4-8,15-17H,2-3,9-13H2,1H3. The Labute approximate surface area is 126 Å². The zero-order chi connectivity index (χ0) is 13.3. The molecule has 2 rings (SSSR count). The van der Waals surface area contributed by atoms with Crippen molar-refractivity contribution in [1.29, 1.82) is 0 Å². The van der Waals surface area contributed by atoms with Crippen LogP contribution in [0.25, 0.3) is 0 Å². The molecule has 1 aromatic carbocycles. The van der Waals surface area contributed by atoms with E-state index < -0.39 is 0 Å². The van der Waals surface area contributed by atoms with E-state index in [1.165, 1.54) is 42.1 Å². The maximum Gasteiger partial charge on any atom is 0.0320 e. The average Bonchev–Trinajstić information content (AvgIpc) is 2.49. The van der Waals surface area contributed by atoms with Crippen LogP contribution in [0.2, 0.25) is 0 Å². The van der Waals surface area contributed by atoms with E-state index in [2.05, 4.69) is 66.1 Å². The van der Waals surface area contributed by atoms with Crippen LogP contribution in [0.3, 0.4) is 0 Å². The third kappa shape index (κ3) is 5.41. The van der Waals surface area contributed by atoms with Crippen LogP contribution in [0.1, 0.15) is 37.8 Å². The molecule has 0 amide bonds. The monoisotopic (exact) mass is 295 g/mol. The average molecular weight is 296 g/mol. The molecule has 1 fully saturated rings. The summed E-state index contributed by atoms with van der Waals surface area (Å²) in [5, 5.41) is 4.60. The first-order chi connectivity index (χ1) is 9.40. The lowest BCUT2D eigenvalue weighted by Gasteiger charge is -2.25. The van der Waals surface area contributed by atoms with Crippen LogP contribution < -0.4 is 5.32 Å². The molecule has 2 atom stereocenters. The highest BCUT2D eigenvalue weighted by Crippen LogP contribution is 2.25. The molecule has 1 aromatic rings. The number of benzene rings is 1. The van der Waals surface area contributed by atoms with Gasteiger partial charge in [0.1, 0.15) is 0 Å². The van der Waals surface area contributed by atoms with Crippen LogP contribution in [0.5, 0.6) is 0 Å². The number of hydrogen-bond acceptors (Lipinski definition) is 3. The summed E-state index contributed by atoms with van der Waals surface area (Å²) in [7, 11) is 0. The highest BCUT2D eigenvalue weighted by atomic mass is 32.2. The minimum absolute atomic E-state index is 0.536. The van der Waals surface area contributed by atoms with Gasteiger partial charge in [0.05, 0.1) is 0 Å². The molecule has 2 unspecified atom stereocenters. The Morgan fingerprint density at radius 2 is 2.11 bits per heavy atom. The Morgan fingerprint density at radius 1 is 1.26 bits per heavy atom. The molecular formula is C16H25NS2. The second kappa shape index (κ2) is 8.93. The van der Waals surface area contributed by atoms with E-state index in [-0.39, 0.29) is 0 Å². The van der Waals surface area contributed by atoms with Crippen molar-refractivity contribution in [3.05, 3.63) is 35.9 Å². The summed E-state index contributed by atoms with van der Waals surface area (Å²) in [6, 6.07) is 11.5. The maximum absolute atomic E-state index is 3.81. The Morgan fingerprint density at radius 3 is 2.79 bits per heavy atom. The molecule has 1 aliphatic heterocycles. The van der Waals surface area contributed by atoms with Gasteiger partial charge in [-0.2, -0.15) is 23.5 Å². The molecule has 19 heavy (non-hydrogen) atoms. The number of nitrogens with one attached hydrogen (secondary N) is 1. The van der Waals surface area contributed by atoms with Gasteiger partial charge in [-0.15, -0.1) is 0 Å². The SMILES string of the molecule is CCCCC(NCC1CSCCS1)c1ccccc1. The first kappa shape index (κ1) is 15.3. The van der Waals surface area contributed by atoms with Gasteiger partial charge in [-0.3, -0.25) is 0 Å². The second-order valence-corrected chi connectivity index (χ2v) is 7.64. The minimum atomic E-state index is 0.536. The fraction of sp³-hybridized carbons (Fsp3) is 0.625. The van der Waals surface area contributed by atoms with Crippen molar-refractivity contribution in [3.8, 4) is 0 Å². The topological polar surface area (TPSA) is 12.0 Å². The van der Waals surface area contributed by atoms with Crippen LogP contribution in [0.4, 0.5) is 0 Å². The Bertz CT molecular complexity index is 336. The van der Waals surface area contributed by atoms with Crippen molar-refractivity contribution in [1.82, 2.24) is 5.32 Å². The highest BCUT2D eigenvalue weighted by molar-refractivity contribution is 8.06. The smallest absolute Gasteiger partial charge is 0.0320 e. The first-order valence-corrected chi connectivity index (χ1v) is 9.58. The van der Waals surface area contributed by atoms with Gasteiger partial charge in [0.2, 0.25) is 0 Å². The zero-order valence-corrected chi connectivity index (χ0v) is 13.4. The largest absolute Gasteiger partial charge is 0.309 e. The van der Waals surface area contributed by atoms with Gasteiger partial charge in [-0.25, -0.2) is 0 Å². The molecule has 1 saturated heterocycles. The molecule has 0 radical (unpaired) electrons. The van der Waals surface area contributed by atoms with Crippen molar-refractivity contribution >= 4 is 23.5 Å². The van der Waals surface area contributed by atoms with Gasteiger partial charge in [0, 0.05) is 35.1 Å². The van der Waals surface area contributed by atoms with Crippen molar-refractivity contribution in [3.63, 3.8) is 0 Å². The molecule has 106 valence electrons. The summed E-state index contributed by atoms with van der Waals surface area (Å²) in [4.78, 5) is 0. The summed E-state index contributed by atoms with van der Waals surface area (Å²) in [6.07, 6.45) is 3.84. The van der Waals surface area contributed by atoms with E-state index in [1.807, 2.05) is 0 Å². The van der Waals surface area contributed by atoms with Gasteiger partial charge >= 0.3 is 0 Å². The molecule has 0 aliphatic carbocycles. The summed E-state index contributed by atoms with van der Waals surface area (Å²) >= 11 is 4.25. The lowest BCUT2D eigenvalue weighted by atomic mass is 10.0. The van der Waals surface area contributed by atoms with Gasteiger partial charge in [-0.05, 0) is 12.0 Å². The molecule has 3 heteroatoms. The summed E-state index contributed by atoms with van der Waals surface area (Å²) in [5.41, 5.74) is 1.45. The number of unbranched alkanes of at least 4 members (excludes halogenated alkanes) is 1. The van der Waals surface area contributed by atoms with E-state index in [9.17, 15) is 0 Å². The Balaban J connectivity index is 1.86. The van der Waals surface area contributed by atoms with E-state index in [0.29, 0.717) is 6.04 Å². The molecule has 1 aliphatic rings. The Kier molecular flexibility index (Phi) is 7.18. The van der Waals surface area contributed by atoms with E-state index >= 15 is 0 Å². The fourth-order valence-electron chi connectivity index (χ4n) is 2.41. The highest BCUT2D eigenvalue weighted by Gasteiger charge is 2.17. The van der Waals surface area contributed by atoms with E-state index in [0.717, 1.165) is 11.8 Å². The van der Waals surface area contributed by atoms with Gasteiger partial charge < -0.3 is 5.32 Å². The normalized spacial score (nSPS) is 21.2. The van der Waals surface area contributed by atoms with E-state index in [1.54, 1.807) is 0 Å². The molecular weight excluding hydrogens is 270 g/mol. The van der Waals surface area contributed by atoms with Crippen molar-refractivity contribution < 1.29 is 0 Å². The number of hydrogen-bond donors (Lipinski definition) is 1. The molecule has 0 bridgehead atoms. The quantitative estimate of drug-likeness (QED) is 0.803. The molecule has 1 N–H and O–H groups in total. The molecule has 0 spiro atoms. The van der Waals surface area contributed by atoms with Crippen LogP contribution >= 0.6 is 23.5 Å². The number of rotatable bonds is 7. The predicted octanol–water partition coefficient (Wildman–Crippen LogP) is 4.36. The zero-order valence-electron chi connectivity index (χ0n) is 11.8. The summed E-state index contributed by atoms with van der Waals surface area (Å²) < 4.78 is 0. The van der Waals surface area contributed by atoms with Gasteiger partial charge in [0.15, 0.2) is 0 Å². The molecule has 1 heterocycles. The third-order valence-electron chi connectivity index (χ3n) is 3.53. The van der Waals surface area contributed by atoms with Gasteiger partial charge in [0.25, 0.3) is 0 Å². The predicted molar refractivity (Wildman–Crippen MR) is 90.3 cm³/mol. The van der Waals surface area contributed by atoms with Gasteiger partial charge in [-0.1, -0.05) is 50.1 Å². The number of thioether (sulfide) groups is 2. The first-order valence-electron chi connectivity index (χ1n) is 7.38. The lowest BCUT2D eigenvalue weighted by Crippen LogP contribution is -2.32. The summed E-state index contributed by atoms with van der Waals surface area (Å²) in [6.45, 7) is 3.43. The van der Waals surface area contributed by atoms with Crippen LogP contribution in [-0.2, 0) is 0 Å². The van der Waals surface area contributed by atoms with Crippen molar-refractivity contribution in [2.24, 2.45) is 0 Å². The minimum Gasteiger partial charge on any atom is -0.309 e. The van der Waals surface area contributed by atoms with E-state index in [4.69, 9.17) is 0 Å². The maximum atomic E-state index is 3.81. The van der Waals surface area contributed by atoms with Crippen LogP contribution in [0, 0.1) is 0 Å².